The van der Waals surface area contributed by atoms with Crippen molar-refractivity contribution in [3.05, 3.63) is 0 Å². The summed E-state index contributed by atoms with van der Waals surface area (Å²) in [5.74, 6) is 0.629. The summed E-state index contributed by atoms with van der Waals surface area (Å²) in [7, 11) is 1.96. The second kappa shape index (κ2) is 12.2. The van der Waals surface area contributed by atoms with Crippen LogP contribution in [0.3, 0.4) is 0 Å². The first-order valence-corrected chi connectivity index (χ1v) is 10.6. The van der Waals surface area contributed by atoms with Gasteiger partial charge in [0, 0.05) is 51.2 Å². The first kappa shape index (κ1) is 25.5. The van der Waals surface area contributed by atoms with E-state index in [1.807, 2.05) is 16.8 Å². The van der Waals surface area contributed by atoms with Crippen LogP contribution in [0.5, 0.6) is 0 Å². The summed E-state index contributed by atoms with van der Waals surface area (Å²) in [5, 5.41) is 0. The zero-order valence-corrected chi connectivity index (χ0v) is 18.8. The van der Waals surface area contributed by atoms with Crippen LogP contribution in [0.1, 0.15) is 57.8 Å². The van der Waals surface area contributed by atoms with Crippen molar-refractivity contribution >= 4 is 36.6 Å². The third kappa shape index (κ3) is 6.75. The smallest absolute Gasteiger partial charge is 0.236 e. The predicted octanol–water partition coefficient (Wildman–Crippen LogP) is 2.28. The fraction of sp³-hybridized carbons (Fsp3) is 0.900. The van der Waals surface area contributed by atoms with Crippen molar-refractivity contribution < 1.29 is 9.59 Å². The highest BCUT2D eigenvalue weighted by Gasteiger charge is 2.31. The van der Waals surface area contributed by atoms with Crippen LogP contribution < -0.4 is 5.73 Å². The van der Waals surface area contributed by atoms with Crippen LogP contribution in [-0.4, -0.2) is 78.4 Å². The average Bonchev–Trinajstić information content (AvgIpc) is 2.68. The van der Waals surface area contributed by atoms with Gasteiger partial charge in [0.2, 0.25) is 11.8 Å². The highest BCUT2D eigenvalue weighted by Crippen LogP contribution is 2.25. The number of amides is 2. The third-order valence-corrected chi connectivity index (χ3v) is 6.62. The molecule has 1 saturated heterocycles. The van der Waals surface area contributed by atoms with Crippen molar-refractivity contribution in [1.82, 2.24) is 14.7 Å². The molecule has 0 aromatic rings. The molecule has 1 aliphatic heterocycles. The number of hydrogen-bond donors (Lipinski definition) is 1. The molecule has 2 aliphatic carbocycles. The first-order chi connectivity index (χ1) is 12.5. The fourth-order valence-corrected chi connectivity index (χ4v) is 4.81. The van der Waals surface area contributed by atoms with Gasteiger partial charge in [0.05, 0.1) is 6.54 Å². The molecule has 2 unspecified atom stereocenters. The zero-order valence-electron chi connectivity index (χ0n) is 17.2. The molecule has 0 spiro atoms. The first-order valence-electron chi connectivity index (χ1n) is 10.6. The Morgan fingerprint density at radius 3 is 2.18 bits per heavy atom. The molecule has 0 bridgehead atoms. The predicted molar refractivity (Wildman–Crippen MR) is 117 cm³/mol. The Kier molecular flexibility index (Phi) is 11.1. The van der Waals surface area contributed by atoms with E-state index in [1.165, 1.54) is 19.3 Å². The minimum Gasteiger partial charge on any atom is -0.342 e. The van der Waals surface area contributed by atoms with Gasteiger partial charge in [0.15, 0.2) is 0 Å². The fourth-order valence-electron chi connectivity index (χ4n) is 4.81. The maximum absolute atomic E-state index is 12.7. The van der Waals surface area contributed by atoms with Gasteiger partial charge in [-0.3, -0.25) is 14.5 Å². The molecule has 28 heavy (non-hydrogen) atoms. The normalized spacial score (nSPS) is 26.7. The number of nitrogens with zero attached hydrogens (tertiary/aromatic N) is 3. The molecule has 3 fully saturated rings. The minimum atomic E-state index is 0. The second-order valence-electron chi connectivity index (χ2n) is 8.52. The minimum absolute atomic E-state index is 0. The average molecular weight is 437 g/mol. The number of carbonyl (C=O) groups is 2. The molecule has 3 rings (SSSR count). The van der Waals surface area contributed by atoms with Gasteiger partial charge in [-0.05, 0) is 32.1 Å². The van der Waals surface area contributed by atoms with Gasteiger partial charge in [-0.25, -0.2) is 0 Å². The highest BCUT2D eigenvalue weighted by atomic mass is 35.5. The van der Waals surface area contributed by atoms with Crippen molar-refractivity contribution in [2.45, 2.75) is 69.9 Å². The zero-order chi connectivity index (χ0) is 18.5. The molecule has 8 heteroatoms. The third-order valence-electron chi connectivity index (χ3n) is 6.62. The van der Waals surface area contributed by atoms with Crippen molar-refractivity contribution in [3.63, 3.8) is 0 Å². The lowest BCUT2D eigenvalue weighted by atomic mass is 9.85. The SMILES string of the molecule is CN(C(=O)CN1CCN(C(=O)C2CCCC(N)C2)CC1)C1CCCCC1.Cl.Cl. The van der Waals surface area contributed by atoms with Crippen molar-refractivity contribution in [2.24, 2.45) is 11.7 Å². The van der Waals surface area contributed by atoms with Crippen LogP contribution >= 0.6 is 24.8 Å². The van der Waals surface area contributed by atoms with Gasteiger partial charge in [0.1, 0.15) is 0 Å². The summed E-state index contributed by atoms with van der Waals surface area (Å²) in [5.41, 5.74) is 6.04. The summed E-state index contributed by atoms with van der Waals surface area (Å²) >= 11 is 0. The maximum atomic E-state index is 12.7. The Bertz CT molecular complexity index is 495. The number of nitrogens with two attached hydrogens (primary N) is 1. The van der Waals surface area contributed by atoms with E-state index < -0.39 is 0 Å². The number of hydrogen-bond acceptors (Lipinski definition) is 4. The van der Waals surface area contributed by atoms with Gasteiger partial charge in [0.25, 0.3) is 0 Å². The van der Waals surface area contributed by atoms with Gasteiger partial charge in [-0.1, -0.05) is 25.7 Å². The molecule has 2 atom stereocenters. The summed E-state index contributed by atoms with van der Waals surface area (Å²) in [6.07, 6.45) is 10.0. The molecule has 2 amide bonds. The van der Waals surface area contributed by atoms with E-state index in [9.17, 15) is 9.59 Å². The van der Waals surface area contributed by atoms with Crippen molar-refractivity contribution in [3.8, 4) is 0 Å². The van der Waals surface area contributed by atoms with Crippen molar-refractivity contribution in [1.29, 1.82) is 0 Å². The molecule has 2 N–H and O–H groups in total. The molecular formula is C20H38Cl2N4O2. The van der Waals surface area contributed by atoms with Crippen LogP contribution in [0.2, 0.25) is 0 Å². The maximum Gasteiger partial charge on any atom is 0.236 e. The standard InChI is InChI=1S/C20H36N4O2.2ClH/c1-22(18-8-3-2-4-9-18)19(25)15-23-10-12-24(13-11-23)20(26)16-6-5-7-17(21)14-16;;/h16-18H,2-15,21H2,1H3;2*1H. The van der Waals surface area contributed by atoms with Crippen LogP contribution in [0.15, 0.2) is 0 Å². The largest absolute Gasteiger partial charge is 0.342 e. The van der Waals surface area contributed by atoms with E-state index in [4.69, 9.17) is 5.73 Å². The van der Waals surface area contributed by atoms with Gasteiger partial charge < -0.3 is 15.5 Å². The molecule has 3 aliphatic rings. The lowest BCUT2D eigenvalue weighted by Gasteiger charge is -2.38. The van der Waals surface area contributed by atoms with Crippen LogP contribution in [-0.2, 0) is 9.59 Å². The number of rotatable bonds is 4. The Labute approximate surface area is 182 Å². The number of carbonyl (C=O) groups excluding carboxylic acids is 2. The lowest BCUT2D eigenvalue weighted by molar-refractivity contribution is -0.139. The Balaban J connectivity index is 0.00000196. The number of halogens is 2. The number of likely N-dealkylation sites (N-methyl/N-ethyl adjacent to an activating group) is 1. The molecular weight excluding hydrogens is 399 g/mol. The Hall–Kier alpha value is -0.560. The van der Waals surface area contributed by atoms with Gasteiger partial charge >= 0.3 is 0 Å². The van der Waals surface area contributed by atoms with E-state index in [0.29, 0.717) is 12.6 Å². The van der Waals surface area contributed by atoms with E-state index in [-0.39, 0.29) is 48.6 Å². The van der Waals surface area contributed by atoms with Gasteiger partial charge in [-0.15, -0.1) is 24.8 Å². The van der Waals surface area contributed by atoms with E-state index in [0.717, 1.165) is 64.7 Å². The highest BCUT2D eigenvalue weighted by molar-refractivity contribution is 5.85. The van der Waals surface area contributed by atoms with E-state index in [1.54, 1.807) is 0 Å². The molecule has 2 saturated carbocycles. The molecule has 0 radical (unpaired) electrons. The summed E-state index contributed by atoms with van der Waals surface area (Å²) in [6.45, 7) is 3.57. The Morgan fingerprint density at radius 2 is 1.57 bits per heavy atom. The van der Waals surface area contributed by atoms with Crippen molar-refractivity contribution in [2.75, 3.05) is 39.8 Å². The quantitative estimate of drug-likeness (QED) is 0.733. The van der Waals surface area contributed by atoms with Gasteiger partial charge in [-0.2, -0.15) is 0 Å². The topological polar surface area (TPSA) is 69.9 Å². The van der Waals surface area contributed by atoms with E-state index >= 15 is 0 Å². The molecule has 0 aromatic heterocycles. The van der Waals surface area contributed by atoms with E-state index in [2.05, 4.69) is 4.90 Å². The summed E-state index contributed by atoms with van der Waals surface area (Å²) in [4.78, 5) is 31.5. The monoisotopic (exact) mass is 436 g/mol. The summed E-state index contributed by atoms with van der Waals surface area (Å²) < 4.78 is 0. The second-order valence-corrected chi connectivity index (χ2v) is 8.52. The van der Waals surface area contributed by atoms with Crippen LogP contribution in [0, 0.1) is 5.92 Å². The molecule has 6 nitrogen and oxygen atoms in total. The molecule has 0 aromatic carbocycles. The number of piperazine rings is 1. The van der Waals surface area contributed by atoms with Crippen LogP contribution in [0.4, 0.5) is 0 Å². The molecule has 1 heterocycles. The molecule has 164 valence electrons. The Morgan fingerprint density at radius 1 is 0.929 bits per heavy atom. The summed E-state index contributed by atoms with van der Waals surface area (Å²) in [6, 6.07) is 0.613. The van der Waals surface area contributed by atoms with Crippen LogP contribution in [0.25, 0.3) is 0 Å². The lowest BCUT2D eigenvalue weighted by Crippen LogP contribution is -2.53.